The first kappa shape index (κ1) is 18.9. The summed E-state index contributed by atoms with van der Waals surface area (Å²) in [6.07, 6.45) is 3.24. The molecule has 0 aromatic heterocycles. The quantitative estimate of drug-likeness (QED) is 0.816. The first-order valence-electron chi connectivity index (χ1n) is 10.6. The Hall–Kier alpha value is -3.09. The molecule has 7 nitrogen and oxygen atoms in total. The molecular weight excluding hydrogens is 384 g/mol. The van der Waals surface area contributed by atoms with Gasteiger partial charge in [-0.2, -0.15) is 0 Å². The number of amides is 1. The summed E-state index contributed by atoms with van der Waals surface area (Å²) < 4.78 is 22.0. The number of hydrogen-bond acceptors (Lipinski definition) is 6. The van der Waals surface area contributed by atoms with Crippen LogP contribution in [0.1, 0.15) is 24.8 Å². The van der Waals surface area contributed by atoms with E-state index in [2.05, 4.69) is 5.32 Å². The summed E-state index contributed by atoms with van der Waals surface area (Å²) in [5.74, 6) is 3.30. The minimum Gasteiger partial charge on any atom is -0.486 e. The molecule has 0 saturated carbocycles. The smallest absolute Gasteiger partial charge is 0.231 e. The summed E-state index contributed by atoms with van der Waals surface area (Å²) in [6, 6.07) is 12.0. The molecule has 0 unspecified atom stereocenters. The molecule has 2 aromatic carbocycles. The van der Waals surface area contributed by atoms with E-state index in [1.165, 1.54) is 0 Å². The molecule has 0 bridgehead atoms. The van der Waals surface area contributed by atoms with Crippen molar-refractivity contribution in [2.24, 2.45) is 0 Å². The zero-order valence-electron chi connectivity index (χ0n) is 16.9. The number of piperidine rings is 1. The average molecular weight is 410 g/mol. The molecule has 3 heterocycles. The van der Waals surface area contributed by atoms with E-state index in [-0.39, 0.29) is 18.7 Å². The van der Waals surface area contributed by atoms with Crippen molar-refractivity contribution in [3.05, 3.63) is 42.0 Å². The second-order valence-electron chi connectivity index (χ2n) is 7.87. The van der Waals surface area contributed by atoms with Crippen LogP contribution in [0.25, 0.3) is 0 Å². The fraction of sp³-hybridized carbons (Fsp3) is 0.435. The van der Waals surface area contributed by atoms with E-state index >= 15 is 0 Å². The first-order valence-corrected chi connectivity index (χ1v) is 10.6. The van der Waals surface area contributed by atoms with Gasteiger partial charge in [-0.25, -0.2) is 0 Å². The van der Waals surface area contributed by atoms with Crippen molar-refractivity contribution in [1.29, 1.82) is 0 Å². The highest BCUT2D eigenvalue weighted by Crippen LogP contribution is 2.34. The van der Waals surface area contributed by atoms with Crippen LogP contribution in [0.5, 0.6) is 23.0 Å². The van der Waals surface area contributed by atoms with Gasteiger partial charge in [-0.3, -0.25) is 4.79 Å². The third-order valence-electron chi connectivity index (χ3n) is 5.75. The van der Waals surface area contributed by atoms with Gasteiger partial charge in [0, 0.05) is 37.3 Å². The zero-order chi connectivity index (χ0) is 20.3. The summed E-state index contributed by atoms with van der Waals surface area (Å²) in [7, 11) is 0. The average Bonchev–Trinajstić information content (AvgIpc) is 3.25. The van der Waals surface area contributed by atoms with E-state index in [9.17, 15) is 4.79 Å². The van der Waals surface area contributed by atoms with Gasteiger partial charge in [0.25, 0.3) is 0 Å². The molecule has 3 aliphatic rings. The Morgan fingerprint density at radius 1 is 0.967 bits per heavy atom. The molecule has 30 heavy (non-hydrogen) atoms. The fourth-order valence-electron chi connectivity index (χ4n) is 4.20. The van der Waals surface area contributed by atoms with E-state index in [0.717, 1.165) is 53.6 Å². The van der Waals surface area contributed by atoms with E-state index < -0.39 is 0 Å². The van der Waals surface area contributed by atoms with Crippen molar-refractivity contribution in [2.75, 3.05) is 38.4 Å². The van der Waals surface area contributed by atoms with Crippen LogP contribution in [-0.4, -0.2) is 49.9 Å². The van der Waals surface area contributed by atoms with Crippen LogP contribution >= 0.6 is 0 Å². The molecule has 1 saturated heterocycles. The number of fused-ring (bicyclic) bond motifs is 2. The van der Waals surface area contributed by atoms with Gasteiger partial charge in [-0.1, -0.05) is 6.07 Å². The Kier molecular flexibility index (Phi) is 5.26. The highest BCUT2D eigenvalue weighted by Gasteiger charge is 2.24. The fourth-order valence-corrected chi connectivity index (χ4v) is 4.20. The Morgan fingerprint density at radius 2 is 1.73 bits per heavy atom. The number of ether oxygens (including phenoxy) is 4. The number of likely N-dealkylation sites (tertiary alicyclic amines) is 1. The summed E-state index contributed by atoms with van der Waals surface area (Å²) in [5, 5.41) is 3.56. The number of carbonyl (C=O) groups excluding carboxylic acids is 1. The summed E-state index contributed by atoms with van der Waals surface area (Å²) in [4.78, 5) is 14.8. The van der Waals surface area contributed by atoms with Gasteiger partial charge in [0.15, 0.2) is 23.0 Å². The number of nitrogens with one attached hydrogen (secondary N) is 1. The number of carbonyl (C=O) groups is 1. The van der Waals surface area contributed by atoms with Crippen molar-refractivity contribution >= 4 is 11.6 Å². The van der Waals surface area contributed by atoms with Crippen molar-refractivity contribution in [2.45, 2.75) is 31.7 Å². The molecular formula is C23H26N2O5. The van der Waals surface area contributed by atoms with Gasteiger partial charge in [0.1, 0.15) is 13.2 Å². The van der Waals surface area contributed by atoms with Crippen LogP contribution in [0.4, 0.5) is 5.69 Å². The molecule has 1 amide bonds. The van der Waals surface area contributed by atoms with Crippen LogP contribution in [0.3, 0.4) is 0 Å². The minimum atomic E-state index is 0.196. The normalized spacial score (nSPS) is 19.5. The van der Waals surface area contributed by atoms with Gasteiger partial charge in [0.2, 0.25) is 12.7 Å². The number of rotatable bonds is 5. The number of benzene rings is 2. The topological polar surface area (TPSA) is 69.3 Å². The number of nitrogens with zero attached hydrogens (tertiary/aromatic N) is 1. The van der Waals surface area contributed by atoms with E-state index in [0.29, 0.717) is 32.6 Å². The monoisotopic (exact) mass is 410 g/mol. The molecule has 7 heteroatoms. The SMILES string of the molecule is O=C(CCc1ccc2c(c1)OCO2)N1CCC[C@@H](Nc2ccc3c(c2)OCCO3)C1. The minimum absolute atomic E-state index is 0.196. The van der Waals surface area contributed by atoms with Gasteiger partial charge < -0.3 is 29.2 Å². The van der Waals surface area contributed by atoms with Gasteiger partial charge in [0.05, 0.1) is 0 Å². The number of aryl methyl sites for hydroxylation is 1. The third-order valence-corrected chi connectivity index (χ3v) is 5.75. The van der Waals surface area contributed by atoms with Crippen LogP contribution in [0.2, 0.25) is 0 Å². The van der Waals surface area contributed by atoms with Gasteiger partial charge in [-0.15, -0.1) is 0 Å². The third kappa shape index (κ3) is 4.10. The maximum absolute atomic E-state index is 12.8. The number of hydrogen-bond donors (Lipinski definition) is 1. The molecule has 0 spiro atoms. The van der Waals surface area contributed by atoms with E-state index in [4.69, 9.17) is 18.9 Å². The molecule has 0 aliphatic carbocycles. The molecule has 1 N–H and O–H groups in total. The lowest BCUT2D eigenvalue weighted by Crippen LogP contribution is -2.45. The molecule has 2 aromatic rings. The molecule has 158 valence electrons. The van der Waals surface area contributed by atoms with E-state index in [1.54, 1.807) is 0 Å². The number of anilines is 1. The molecule has 3 aliphatic heterocycles. The van der Waals surface area contributed by atoms with Crippen LogP contribution in [-0.2, 0) is 11.2 Å². The Morgan fingerprint density at radius 3 is 2.67 bits per heavy atom. The van der Waals surface area contributed by atoms with Crippen molar-refractivity contribution in [3.63, 3.8) is 0 Å². The first-order chi connectivity index (χ1) is 14.7. The maximum atomic E-state index is 12.8. The Balaban J connectivity index is 1.15. The Labute approximate surface area is 175 Å². The highest BCUT2D eigenvalue weighted by molar-refractivity contribution is 5.76. The van der Waals surface area contributed by atoms with Crippen LogP contribution in [0.15, 0.2) is 36.4 Å². The highest BCUT2D eigenvalue weighted by atomic mass is 16.7. The largest absolute Gasteiger partial charge is 0.486 e. The molecule has 1 atom stereocenters. The lowest BCUT2D eigenvalue weighted by atomic mass is 10.0. The van der Waals surface area contributed by atoms with Gasteiger partial charge in [-0.05, 0) is 49.1 Å². The summed E-state index contributed by atoms with van der Waals surface area (Å²) >= 11 is 0. The van der Waals surface area contributed by atoms with Crippen molar-refractivity contribution in [1.82, 2.24) is 4.90 Å². The summed E-state index contributed by atoms with van der Waals surface area (Å²) in [6.45, 7) is 2.97. The standard InChI is InChI=1S/C23H26N2O5/c26-23(8-4-16-3-6-20-21(12-16)30-15-29-20)25-9-1-2-18(14-25)24-17-5-7-19-22(13-17)28-11-10-27-19/h3,5-7,12-13,18,24H,1-2,4,8-11,14-15H2/t18-/m1/s1. The molecule has 1 fully saturated rings. The van der Waals surface area contributed by atoms with Crippen LogP contribution < -0.4 is 24.3 Å². The molecule has 5 rings (SSSR count). The second-order valence-corrected chi connectivity index (χ2v) is 7.87. The predicted octanol–water partition coefficient (Wildman–Crippen LogP) is 3.22. The Bertz CT molecular complexity index is 932. The zero-order valence-corrected chi connectivity index (χ0v) is 16.9. The van der Waals surface area contributed by atoms with Crippen LogP contribution in [0, 0.1) is 0 Å². The van der Waals surface area contributed by atoms with E-state index in [1.807, 2.05) is 41.3 Å². The van der Waals surface area contributed by atoms with Crippen molar-refractivity contribution < 1.29 is 23.7 Å². The molecule has 0 radical (unpaired) electrons. The van der Waals surface area contributed by atoms with Crippen molar-refractivity contribution in [3.8, 4) is 23.0 Å². The maximum Gasteiger partial charge on any atom is 0.231 e. The lowest BCUT2D eigenvalue weighted by molar-refractivity contribution is -0.132. The lowest BCUT2D eigenvalue weighted by Gasteiger charge is -2.34. The van der Waals surface area contributed by atoms with Gasteiger partial charge >= 0.3 is 0 Å². The predicted molar refractivity (Wildman–Crippen MR) is 112 cm³/mol. The summed E-state index contributed by atoms with van der Waals surface area (Å²) in [5.41, 5.74) is 2.09. The second kappa shape index (κ2) is 8.34.